The zero-order chi connectivity index (χ0) is 16.6. The number of nitrogens with zero attached hydrogens (tertiary/aromatic N) is 3. The molecule has 1 atom stereocenters. The van der Waals surface area contributed by atoms with Crippen molar-refractivity contribution in [3.8, 4) is 6.07 Å². The first kappa shape index (κ1) is 16.4. The highest BCUT2D eigenvalue weighted by Gasteiger charge is 2.24. The molecule has 1 unspecified atom stereocenters. The molecule has 0 bridgehead atoms. The minimum atomic E-state index is -0.131. The normalized spacial score (nSPS) is 17.6. The first-order valence-electron chi connectivity index (χ1n) is 8.49. The average Bonchev–Trinajstić information content (AvgIpc) is 2.65. The van der Waals surface area contributed by atoms with E-state index < -0.39 is 0 Å². The molecule has 3 nitrogen and oxygen atoms in total. The Morgan fingerprint density at radius 1 is 0.917 bits per heavy atom. The minimum absolute atomic E-state index is 0.131. The molecule has 1 fully saturated rings. The fourth-order valence-electron chi connectivity index (χ4n) is 3.11. The first-order chi connectivity index (χ1) is 11.9. The van der Waals surface area contributed by atoms with E-state index in [9.17, 15) is 5.26 Å². The second-order valence-corrected chi connectivity index (χ2v) is 6.09. The maximum atomic E-state index is 9.55. The van der Waals surface area contributed by atoms with Crippen LogP contribution in [0.15, 0.2) is 66.7 Å². The number of piperazine rings is 1. The quantitative estimate of drug-likeness (QED) is 0.844. The smallest absolute Gasteiger partial charge is 0.123 e. The van der Waals surface area contributed by atoms with Crippen LogP contribution in [0, 0.1) is 11.3 Å². The number of nitriles is 1. The molecule has 24 heavy (non-hydrogen) atoms. The van der Waals surface area contributed by atoms with E-state index in [4.69, 9.17) is 0 Å². The molecule has 1 heterocycles. The molecular formula is C21H23N3. The van der Waals surface area contributed by atoms with Gasteiger partial charge < -0.3 is 0 Å². The van der Waals surface area contributed by atoms with Gasteiger partial charge in [-0.05, 0) is 11.1 Å². The van der Waals surface area contributed by atoms with Crippen molar-refractivity contribution in [1.29, 1.82) is 5.26 Å². The molecule has 1 aliphatic heterocycles. The number of hydrogen-bond donors (Lipinski definition) is 0. The van der Waals surface area contributed by atoms with Gasteiger partial charge in [-0.1, -0.05) is 72.8 Å². The number of rotatable bonds is 5. The summed E-state index contributed by atoms with van der Waals surface area (Å²) in [6.45, 7) is 4.85. The van der Waals surface area contributed by atoms with E-state index in [1.165, 1.54) is 5.56 Å². The summed E-state index contributed by atoms with van der Waals surface area (Å²) in [4.78, 5) is 4.72. The van der Waals surface area contributed by atoms with Gasteiger partial charge in [-0.25, -0.2) is 0 Å². The molecular weight excluding hydrogens is 294 g/mol. The zero-order valence-corrected chi connectivity index (χ0v) is 13.9. The van der Waals surface area contributed by atoms with E-state index in [0.29, 0.717) is 0 Å². The Morgan fingerprint density at radius 3 is 2.17 bits per heavy atom. The molecule has 2 aromatic rings. The minimum Gasteiger partial charge on any atom is -0.297 e. The van der Waals surface area contributed by atoms with Gasteiger partial charge in [-0.15, -0.1) is 0 Å². The highest BCUT2D eigenvalue weighted by molar-refractivity contribution is 5.48. The van der Waals surface area contributed by atoms with E-state index in [2.05, 4.69) is 52.3 Å². The van der Waals surface area contributed by atoms with Crippen LogP contribution in [0.4, 0.5) is 0 Å². The second kappa shape index (κ2) is 8.44. The van der Waals surface area contributed by atoms with E-state index in [0.717, 1.165) is 38.3 Å². The molecule has 0 spiro atoms. The third-order valence-corrected chi connectivity index (χ3v) is 4.48. The van der Waals surface area contributed by atoms with Gasteiger partial charge in [0.05, 0.1) is 6.07 Å². The summed E-state index contributed by atoms with van der Waals surface area (Å²) >= 11 is 0. The molecule has 0 amide bonds. The molecule has 1 aliphatic rings. The highest BCUT2D eigenvalue weighted by Crippen LogP contribution is 2.21. The Bertz CT molecular complexity index is 680. The Morgan fingerprint density at radius 2 is 1.54 bits per heavy atom. The molecule has 0 radical (unpaired) electrons. The van der Waals surface area contributed by atoms with E-state index in [-0.39, 0.29) is 6.04 Å². The van der Waals surface area contributed by atoms with Crippen molar-refractivity contribution in [2.45, 2.75) is 6.04 Å². The molecule has 0 N–H and O–H groups in total. The molecule has 0 saturated carbocycles. The van der Waals surface area contributed by atoms with Crippen LogP contribution in [0.2, 0.25) is 0 Å². The van der Waals surface area contributed by atoms with Crippen LogP contribution in [0.3, 0.4) is 0 Å². The SMILES string of the molecule is N#CC(c1ccccc1)N1CCN(C/C=C/c2ccccc2)CC1. The molecule has 1 saturated heterocycles. The highest BCUT2D eigenvalue weighted by atomic mass is 15.3. The maximum Gasteiger partial charge on any atom is 0.123 e. The van der Waals surface area contributed by atoms with E-state index in [1.807, 2.05) is 36.4 Å². The van der Waals surface area contributed by atoms with Gasteiger partial charge >= 0.3 is 0 Å². The van der Waals surface area contributed by atoms with Crippen LogP contribution in [0.1, 0.15) is 17.2 Å². The summed E-state index contributed by atoms with van der Waals surface area (Å²) in [7, 11) is 0. The van der Waals surface area contributed by atoms with Gasteiger partial charge in [0.1, 0.15) is 6.04 Å². The summed E-state index contributed by atoms with van der Waals surface area (Å²) in [6, 6.07) is 22.8. The van der Waals surface area contributed by atoms with Crippen LogP contribution in [0.25, 0.3) is 6.08 Å². The molecule has 0 aromatic heterocycles. The third-order valence-electron chi connectivity index (χ3n) is 4.48. The summed E-state index contributed by atoms with van der Waals surface area (Å²) < 4.78 is 0. The Labute approximate surface area is 144 Å². The van der Waals surface area contributed by atoms with Crippen molar-refractivity contribution < 1.29 is 0 Å². The monoisotopic (exact) mass is 317 g/mol. The largest absolute Gasteiger partial charge is 0.297 e. The predicted molar refractivity (Wildman–Crippen MR) is 98.3 cm³/mol. The lowest BCUT2D eigenvalue weighted by Crippen LogP contribution is -2.47. The summed E-state index contributed by atoms with van der Waals surface area (Å²) in [6.07, 6.45) is 4.40. The van der Waals surface area contributed by atoms with Crippen molar-refractivity contribution in [2.75, 3.05) is 32.7 Å². The molecule has 0 aliphatic carbocycles. The zero-order valence-electron chi connectivity index (χ0n) is 13.9. The van der Waals surface area contributed by atoms with Gasteiger partial charge in [-0.3, -0.25) is 9.80 Å². The van der Waals surface area contributed by atoms with Crippen LogP contribution in [0.5, 0.6) is 0 Å². The molecule has 2 aromatic carbocycles. The lowest BCUT2D eigenvalue weighted by Gasteiger charge is -2.36. The van der Waals surface area contributed by atoms with E-state index in [1.54, 1.807) is 0 Å². The van der Waals surface area contributed by atoms with Gasteiger partial charge in [-0.2, -0.15) is 5.26 Å². The third kappa shape index (κ3) is 4.32. The molecule has 3 rings (SSSR count). The van der Waals surface area contributed by atoms with Crippen LogP contribution >= 0.6 is 0 Å². The Balaban J connectivity index is 1.50. The van der Waals surface area contributed by atoms with Gasteiger partial charge in [0.2, 0.25) is 0 Å². The second-order valence-electron chi connectivity index (χ2n) is 6.09. The maximum absolute atomic E-state index is 9.55. The van der Waals surface area contributed by atoms with Gasteiger partial charge in [0, 0.05) is 32.7 Å². The number of benzene rings is 2. The topological polar surface area (TPSA) is 30.3 Å². The van der Waals surface area contributed by atoms with Crippen LogP contribution in [-0.2, 0) is 0 Å². The molecule has 122 valence electrons. The summed E-state index contributed by atoms with van der Waals surface area (Å²) in [5.41, 5.74) is 2.34. The average molecular weight is 317 g/mol. The molecule has 3 heteroatoms. The fraction of sp³-hybridized carbons (Fsp3) is 0.286. The van der Waals surface area contributed by atoms with Crippen molar-refractivity contribution >= 4 is 6.08 Å². The van der Waals surface area contributed by atoms with Crippen molar-refractivity contribution in [2.24, 2.45) is 0 Å². The van der Waals surface area contributed by atoms with Gasteiger partial charge in [0.15, 0.2) is 0 Å². The van der Waals surface area contributed by atoms with Crippen molar-refractivity contribution in [1.82, 2.24) is 9.80 Å². The predicted octanol–water partition coefficient (Wildman–Crippen LogP) is 3.58. The van der Waals surface area contributed by atoms with Crippen LogP contribution < -0.4 is 0 Å². The lowest BCUT2D eigenvalue weighted by molar-refractivity contribution is 0.123. The standard InChI is InChI=1S/C21H23N3/c22-18-21(20-11-5-2-6-12-20)24-16-14-23(15-17-24)13-7-10-19-8-3-1-4-9-19/h1-12,21H,13-17H2/b10-7+. The Hall–Kier alpha value is -2.41. The van der Waals surface area contributed by atoms with Crippen molar-refractivity contribution in [3.05, 3.63) is 77.9 Å². The lowest BCUT2D eigenvalue weighted by atomic mass is 10.1. The number of hydrogen-bond acceptors (Lipinski definition) is 3. The Kier molecular flexibility index (Phi) is 5.79. The first-order valence-corrected chi connectivity index (χ1v) is 8.49. The van der Waals surface area contributed by atoms with Gasteiger partial charge in [0.25, 0.3) is 0 Å². The summed E-state index contributed by atoms with van der Waals surface area (Å²) in [5, 5.41) is 9.55. The van der Waals surface area contributed by atoms with E-state index >= 15 is 0 Å². The van der Waals surface area contributed by atoms with Crippen LogP contribution in [-0.4, -0.2) is 42.5 Å². The fourth-order valence-corrected chi connectivity index (χ4v) is 3.11. The van der Waals surface area contributed by atoms with Crippen molar-refractivity contribution in [3.63, 3.8) is 0 Å². The summed E-state index contributed by atoms with van der Waals surface area (Å²) in [5.74, 6) is 0.